The van der Waals surface area contributed by atoms with Gasteiger partial charge in [-0.15, -0.1) is 5.10 Å². The molecule has 1 aromatic carbocycles. The van der Waals surface area contributed by atoms with Crippen LogP contribution in [0.2, 0.25) is 0 Å². The lowest BCUT2D eigenvalue weighted by molar-refractivity contribution is -0.141. The fourth-order valence-electron chi connectivity index (χ4n) is 3.36. The summed E-state index contributed by atoms with van der Waals surface area (Å²) in [6.07, 6.45) is 3.92. The minimum absolute atomic E-state index is 0.224. The van der Waals surface area contributed by atoms with Crippen LogP contribution in [0.25, 0.3) is 22.3 Å². The molecule has 0 aliphatic heterocycles. The Balaban J connectivity index is 1.30. The number of hydrogen-bond acceptors (Lipinski definition) is 5. The van der Waals surface area contributed by atoms with Gasteiger partial charge in [-0.2, -0.15) is 13.2 Å². The first-order chi connectivity index (χ1) is 15.5. The molecule has 4 heterocycles. The number of rotatable bonds is 5. The number of nitrogens with one attached hydrogen (secondary N) is 1. The number of alkyl halides is 3. The quantitative estimate of drug-likeness (QED) is 0.436. The number of benzene rings is 1. The van der Waals surface area contributed by atoms with Crippen LogP contribution in [0.4, 0.5) is 18.9 Å². The number of nitrogens with zero attached hydrogens (tertiary/aromatic N) is 6. The van der Waals surface area contributed by atoms with Gasteiger partial charge >= 0.3 is 6.18 Å². The highest BCUT2D eigenvalue weighted by Crippen LogP contribution is 2.29. The first-order valence-electron chi connectivity index (χ1n) is 9.68. The molecule has 1 N–H and O–H groups in total. The van der Waals surface area contributed by atoms with Crippen molar-refractivity contribution in [3.05, 3.63) is 90.9 Å². The highest BCUT2D eigenvalue weighted by Gasteiger charge is 2.32. The van der Waals surface area contributed by atoms with Crippen molar-refractivity contribution >= 4 is 16.6 Å². The van der Waals surface area contributed by atoms with Gasteiger partial charge in [0.1, 0.15) is 11.4 Å². The number of aromatic nitrogens is 6. The van der Waals surface area contributed by atoms with E-state index in [0.29, 0.717) is 11.4 Å². The van der Waals surface area contributed by atoms with E-state index in [-0.39, 0.29) is 6.54 Å². The lowest BCUT2D eigenvalue weighted by atomic mass is 10.2. The molecule has 0 saturated heterocycles. The van der Waals surface area contributed by atoms with Gasteiger partial charge in [0.15, 0.2) is 0 Å². The molecule has 10 heteroatoms. The van der Waals surface area contributed by atoms with Gasteiger partial charge in [-0.05, 0) is 48.5 Å². The second-order valence-electron chi connectivity index (χ2n) is 7.07. The summed E-state index contributed by atoms with van der Waals surface area (Å²) >= 11 is 0. The second-order valence-corrected chi connectivity index (χ2v) is 7.07. The molecule has 0 spiro atoms. The largest absolute Gasteiger partial charge is 0.433 e. The Hall–Kier alpha value is -4.21. The molecular formula is C22H16F3N7. The van der Waals surface area contributed by atoms with E-state index in [0.717, 1.165) is 34.5 Å². The molecule has 4 aromatic heterocycles. The van der Waals surface area contributed by atoms with E-state index in [1.807, 2.05) is 53.4 Å². The van der Waals surface area contributed by atoms with Crippen LogP contribution in [0, 0.1) is 0 Å². The average molecular weight is 435 g/mol. The highest BCUT2D eigenvalue weighted by atomic mass is 19.4. The van der Waals surface area contributed by atoms with Crippen LogP contribution in [0.5, 0.6) is 0 Å². The van der Waals surface area contributed by atoms with E-state index in [9.17, 15) is 13.2 Å². The number of anilines is 1. The summed E-state index contributed by atoms with van der Waals surface area (Å²) in [6, 6.07) is 14.2. The average Bonchev–Trinajstić information content (AvgIpc) is 3.45. The van der Waals surface area contributed by atoms with Crippen molar-refractivity contribution in [2.75, 3.05) is 5.32 Å². The fraction of sp³-hybridized carbons (Fsp3) is 0.0909. The van der Waals surface area contributed by atoms with Gasteiger partial charge < -0.3 is 9.88 Å². The van der Waals surface area contributed by atoms with Crippen molar-refractivity contribution in [3.63, 3.8) is 0 Å². The topological polar surface area (TPSA) is 73.5 Å². The van der Waals surface area contributed by atoms with Crippen LogP contribution < -0.4 is 5.32 Å². The molecule has 0 fully saturated rings. The Bertz CT molecular complexity index is 1370. The minimum Gasteiger partial charge on any atom is -0.379 e. The van der Waals surface area contributed by atoms with E-state index < -0.39 is 11.9 Å². The molecule has 0 saturated carbocycles. The summed E-state index contributed by atoms with van der Waals surface area (Å²) in [5, 5.41) is 12.2. The predicted octanol–water partition coefficient (Wildman–Crippen LogP) is 4.63. The number of fused-ring (bicyclic) bond motifs is 1. The zero-order valence-corrected chi connectivity index (χ0v) is 16.5. The highest BCUT2D eigenvalue weighted by molar-refractivity contribution is 5.80. The summed E-state index contributed by atoms with van der Waals surface area (Å²) in [4.78, 5) is 7.54. The molecule has 0 atom stereocenters. The van der Waals surface area contributed by atoms with Crippen LogP contribution in [0.15, 0.2) is 79.5 Å². The molecule has 5 rings (SSSR count). The molecule has 0 aliphatic carbocycles. The Morgan fingerprint density at radius 1 is 0.938 bits per heavy atom. The van der Waals surface area contributed by atoms with Crippen molar-refractivity contribution in [2.45, 2.75) is 12.7 Å². The molecule has 0 aliphatic rings. The second kappa shape index (κ2) is 7.80. The Morgan fingerprint density at radius 3 is 2.56 bits per heavy atom. The van der Waals surface area contributed by atoms with Gasteiger partial charge in [0.05, 0.1) is 30.1 Å². The summed E-state index contributed by atoms with van der Waals surface area (Å²) < 4.78 is 42.1. The number of hydrogen-bond donors (Lipinski definition) is 1. The van der Waals surface area contributed by atoms with E-state index in [4.69, 9.17) is 0 Å². The summed E-state index contributed by atoms with van der Waals surface area (Å²) in [5.41, 5.74) is 2.75. The normalized spacial score (nSPS) is 11.7. The molecule has 32 heavy (non-hydrogen) atoms. The molecule has 0 amide bonds. The van der Waals surface area contributed by atoms with Crippen molar-refractivity contribution in [1.82, 2.24) is 29.5 Å². The molecule has 0 radical (unpaired) electrons. The molecule has 0 bridgehead atoms. The molecular weight excluding hydrogens is 419 g/mol. The van der Waals surface area contributed by atoms with Gasteiger partial charge in [0.25, 0.3) is 0 Å². The van der Waals surface area contributed by atoms with Gasteiger partial charge in [-0.25, -0.2) is 4.68 Å². The maximum Gasteiger partial charge on any atom is 0.433 e. The molecule has 5 aromatic rings. The first-order valence-corrected chi connectivity index (χ1v) is 9.68. The van der Waals surface area contributed by atoms with Crippen molar-refractivity contribution < 1.29 is 13.2 Å². The Labute approximate surface area is 180 Å². The van der Waals surface area contributed by atoms with Crippen LogP contribution in [0.3, 0.4) is 0 Å². The standard InChI is InChI=1S/C22H16F3N7/c23-22(24,25)21-11-16(6-9-27-21)28-12-17-14-32(30-29-17)19-3-1-18(2-4-19)31-10-7-15-5-8-26-13-20(15)31/h1-11,13-14H,12H2,(H,27,28). The van der Waals surface area contributed by atoms with Crippen molar-refractivity contribution in [1.29, 1.82) is 0 Å². The molecule has 160 valence electrons. The van der Waals surface area contributed by atoms with Crippen LogP contribution >= 0.6 is 0 Å². The maximum absolute atomic E-state index is 12.8. The van der Waals surface area contributed by atoms with E-state index in [1.54, 1.807) is 17.1 Å². The first kappa shape index (κ1) is 19.7. The lowest BCUT2D eigenvalue weighted by Crippen LogP contribution is -2.09. The number of pyridine rings is 2. The minimum atomic E-state index is -4.49. The summed E-state index contributed by atoms with van der Waals surface area (Å²) in [5.74, 6) is 0. The predicted molar refractivity (Wildman–Crippen MR) is 113 cm³/mol. The third kappa shape index (κ3) is 3.89. The monoisotopic (exact) mass is 435 g/mol. The Morgan fingerprint density at radius 2 is 1.75 bits per heavy atom. The van der Waals surface area contributed by atoms with Crippen molar-refractivity contribution in [2.24, 2.45) is 0 Å². The molecule has 0 unspecified atom stereocenters. The van der Waals surface area contributed by atoms with Gasteiger partial charge in [0, 0.05) is 35.4 Å². The molecule has 7 nitrogen and oxygen atoms in total. The summed E-state index contributed by atoms with van der Waals surface area (Å²) in [7, 11) is 0. The van der Waals surface area contributed by atoms with Gasteiger partial charge in [-0.1, -0.05) is 5.21 Å². The van der Waals surface area contributed by atoms with Crippen molar-refractivity contribution in [3.8, 4) is 11.4 Å². The third-order valence-electron chi connectivity index (χ3n) is 4.95. The zero-order chi connectivity index (χ0) is 22.1. The van der Waals surface area contributed by atoms with Crippen LogP contribution in [-0.2, 0) is 12.7 Å². The fourth-order valence-corrected chi connectivity index (χ4v) is 3.36. The third-order valence-corrected chi connectivity index (χ3v) is 4.95. The van der Waals surface area contributed by atoms with E-state index in [1.165, 1.54) is 6.07 Å². The smallest absolute Gasteiger partial charge is 0.379 e. The number of halogens is 3. The van der Waals surface area contributed by atoms with Gasteiger partial charge in [-0.3, -0.25) is 9.97 Å². The lowest BCUT2D eigenvalue weighted by Gasteiger charge is -2.08. The van der Waals surface area contributed by atoms with Crippen LogP contribution in [-0.4, -0.2) is 29.5 Å². The maximum atomic E-state index is 12.8. The van der Waals surface area contributed by atoms with E-state index in [2.05, 4.69) is 25.6 Å². The Kier molecular flexibility index (Phi) is 4.81. The summed E-state index contributed by atoms with van der Waals surface area (Å²) in [6.45, 7) is 0.224. The van der Waals surface area contributed by atoms with E-state index >= 15 is 0 Å². The van der Waals surface area contributed by atoms with Gasteiger partial charge in [0.2, 0.25) is 0 Å². The zero-order valence-electron chi connectivity index (χ0n) is 16.5. The van der Waals surface area contributed by atoms with Crippen LogP contribution in [0.1, 0.15) is 11.4 Å². The SMILES string of the molecule is FC(F)(F)c1cc(NCc2cn(-c3ccc(-n4ccc5ccncc54)cc3)nn2)ccn1.